The minimum atomic E-state index is -1.03. The first-order valence-electron chi connectivity index (χ1n) is 4.85. The number of carbonyl (C=O) groups is 1. The van der Waals surface area contributed by atoms with E-state index in [1.807, 2.05) is 0 Å². The van der Waals surface area contributed by atoms with Gasteiger partial charge in [0.15, 0.2) is 0 Å². The summed E-state index contributed by atoms with van der Waals surface area (Å²) in [6.45, 7) is 0.270. The van der Waals surface area contributed by atoms with Crippen molar-refractivity contribution in [3.63, 3.8) is 0 Å². The molecule has 0 radical (unpaired) electrons. The third-order valence-electron chi connectivity index (χ3n) is 2.20. The summed E-state index contributed by atoms with van der Waals surface area (Å²) in [5.74, 6) is -1.03. The van der Waals surface area contributed by atoms with Crippen molar-refractivity contribution in [2.75, 3.05) is 0 Å². The number of hydrogen-bond acceptors (Lipinski definition) is 4. The summed E-state index contributed by atoms with van der Waals surface area (Å²) in [5.41, 5.74) is 0.543. The van der Waals surface area contributed by atoms with Gasteiger partial charge in [0.1, 0.15) is 0 Å². The van der Waals surface area contributed by atoms with Crippen molar-refractivity contribution >= 4 is 5.97 Å². The van der Waals surface area contributed by atoms with E-state index in [0.717, 1.165) is 0 Å². The van der Waals surface area contributed by atoms with E-state index in [1.165, 1.54) is 35.4 Å². The Balaban J connectivity index is 2.23. The normalized spacial score (nSPS) is 10.1. The van der Waals surface area contributed by atoms with E-state index in [2.05, 4.69) is 9.97 Å². The molecule has 86 valence electrons. The molecule has 0 aromatic carbocycles. The molecule has 0 unspecified atom stereocenters. The first kappa shape index (κ1) is 11.0. The molecule has 0 spiro atoms. The average molecular weight is 231 g/mol. The van der Waals surface area contributed by atoms with Gasteiger partial charge in [0, 0.05) is 18.5 Å². The lowest BCUT2D eigenvalue weighted by molar-refractivity contribution is 0.0696. The topological polar surface area (TPSA) is 85.1 Å². The molecule has 1 N–H and O–H groups in total. The van der Waals surface area contributed by atoms with Crippen LogP contribution in [-0.2, 0) is 6.54 Å². The molecular weight excluding hydrogens is 222 g/mol. The van der Waals surface area contributed by atoms with Crippen molar-refractivity contribution in [3.8, 4) is 0 Å². The van der Waals surface area contributed by atoms with Crippen molar-refractivity contribution in [2.45, 2.75) is 6.54 Å². The van der Waals surface area contributed by atoms with Crippen LogP contribution < -0.4 is 5.56 Å². The van der Waals surface area contributed by atoms with Crippen molar-refractivity contribution in [3.05, 3.63) is 58.5 Å². The maximum absolute atomic E-state index is 11.4. The standard InChI is InChI=1S/C11H9N3O3/c15-10-3-4-12-7-14(10)6-9-2-1-8(5-13-9)11(16)17/h1-5,7H,6H2,(H,16,17). The highest BCUT2D eigenvalue weighted by atomic mass is 16.4. The zero-order chi connectivity index (χ0) is 12.3. The number of carboxylic acids is 1. The number of pyridine rings is 1. The van der Waals surface area contributed by atoms with Crippen LogP contribution in [0.3, 0.4) is 0 Å². The lowest BCUT2D eigenvalue weighted by Gasteiger charge is -2.03. The van der Waals surface area contributed by atoms with E-state index in [1.54, 1.807) is 6.07 Å². The lowest BCUT2D eigenvalue weighted by atomic mass is 10.2. The Kier molecular flexibility index (Phi) is 2.95. The van der Waals surface area contributed by atoms with Gasteiger partial charge in [0.25, 0.3) is 5.56 Å². The third-order valence-corrected chi connectivity index (χ3v) is 2.20. The van der Waals surface area contributed by atoms with Gasteiger partial charge in [-0.25, -0.2) is 9.78 Å². The van der Waals surface area contributed by atoms with Gasteiger partial charge in [0.2, 0.25) is 0 Å². The minimum absolute atomic E-state index is 0.118. The summed E-state index contributed by atoms with van der Waals surface area (Å²) >= 11 is 0. The van der Waals surface area contributed by atoms with E-state index in [0.29, 0.717) is 5.69 Å². The van der Waals surface area contributed by atoms with E-state index in [9.17, 15) is 9.59 Å². The van der Waals surface area contributed by atoms with Crippen LogP contribution in [-0.4, -0.2) is 25.6 Å². The van der Waals surface area contributed by atoms with Gasteiger partial charge in [-0.05, 0) is 12.1 Å². The van der Waals surface area contributed by atoms with Crippen LogP contribution in [0.5, 0.6) is 0 Å². The number of rotatable bonds is 3. The highest BCUT2D eigenvalue weighted by molar-refractivity contribution is 5.87. The summed E-state index contributed by atoms with van der Waals surface area (Å²) in [6, 6.07) is 4.38. The number of aromatic nitrogens is 3. The minimum Gasteiger partial charge on any atom is -0.478 e. The second kappa shape index (κ2) is 4.56. The maximum Gasteiger partial charge on any atom is 0.337 e. The van der Waals surface area contributed by atoms with E-state index < -0.39 is 5.97 Å². The molecule has 0 atom stereocenters. The molecule has 6 heteroatoms. The molecule has 2 heterocycles. The third kappa shape index (κ3) is 2.54. The van der Waals surface area contributed by atoms with Gasteiger partial charge >= 0.3 is 5.97 Å². The first-order chi connectivity index (χ1) is 8.16. The highest BCUT2D eigenvalue weighted by Gasteiger charge is 2.03. The van der Waals surface area contributed by atoms with Gasteiger partial charge in [-0.1, -0.05) is 0 Å². The van der Waals surface area contributed by atoms with Gasteiger partial charge in [-0.2, -0.15) is 0 Å². The van der Waals surface area contributed by atoms with Crippen molar-refractivity contribution in [1.82, 2.24) is 14.5 Å². The largest absolute Gasteiger partial charge is 0.478 e. The average Bonchev–Trinajstić information content (AvgIpc) is 2.33. The SMILES string of the molecule is O=C(O)c1ccc(Cn2cnccc2=O)nc1. The summed E-state index contributed by atoms with van der Waals surface area (Å²) in [7, 11) is 0. The number of carboxylic acid groups (broad SMARTS) is 1. The fourth-order valence-electron chi connectivity index (χ4n) is 1.32. The molecule has 2 aromatic heterocycles. The van der Waals surface area contributed by atoms with Crippen LogP contribution in [0.2, 0.25) is 0 Å². The van der Waals surface area contributed by atoms with Crippen molar-refractivity contribution in [2.24, 2.45) is 0 Å². The van der Waals surface area contributed by atoms with Crippen LogP contribution in [0, 0.1) is 0 Å². The van der Waals surface area contributed by atoms with Crippen LogP contribution in [0.15, 0.2) is 41.7 Å². The Labute approximate surface area is 96.2 Å². The predicted octanol–water partition coefficient (Wildman–Crippen LogP) is 0.385. The van der Waals surface area contributed by atoms with Gasteiger partial charge in [-0.15, -0.1) is 0 Å². The number of aromatic carboxylic acids is 1. The molecule has 17 heavy (non-hydrogen) atoms. The summed E-state index contributed by atoms with van der Waals surface area (Å²) in [4.78, 5) is 29.8. The van der Waals surface area contributed by atoms with Crippen molar-refractivity contribution < 1.29 is 9.90 Å². The Morgan fingerprint density at radius 3 is 2.76 bits per heavy atom. The molecule has 2 aromatic rings. The van der Waals surface area contributed by atoms with Crippen LogP contribution >= 0.6 is 0 Å². The summed E-state index contributed by atoms with van der Waals surface area (Å²) < 4.78 is 1.39. The molecule has 0 amide bonds. The molecule has 6 nitrogen and oxygen atoms in total. The van der Waals surface area contributed by atoms with Crippen LogP contribution in [0.1, 0.15) is 16.1 Å². The van der Waals surface area contributed by atoms with E-state index in [-0.39, 0.29) is 17.7 Å². The molecule has 0 fully saturated rings. The lowest BCUT2D eigenvalue weighted by Crippen LogP contribution is -2.19. The highest BCUT2D eigenvalue weighted by Crippen LogP contribution is 2.01. The zero-order valence-electron chi connectivity index (χ0n) is 8.78. The fourth-order valence-corrected chi connectivity index (χ4v) is 1.32. The molecule has 0 aliphatic heterocycles. The monoisotopic (exact) mass is 231 g/mol. The smallest absolute Gasteiger partial charge is 0.337 e. The molecule has 0 bridgehead atoms. The van der Waals surface area contributed by atoms with Gasteiger partial charge in [0.05, 0.1) is 24.1 Å². The number of nitrogens with zero attached hydrogens (tertiary/aromatic N) is 3. The maximum atomic E-state index is 11.4. The Morgan fingerprint density at radius 1 is 1.35 bits per heavy atom. The van der Waals surface area contributed by atoms with Gasteiger partial charge < -0.3 is 5.11 Å². The van der Waals surface area contributed by atoms with Crippen LogP contribution in [0.4, 0.5) is 0 Å². The Bertz CT molecular complexity index is 589. The number of hydrogen-bond donors (Lipinski definition) is 1. The summed E-state index contributed by atoms with van der Waals surface area (Å²) in [6.07, 6.45) is 4.09. The van der Waals surface area contributed by atoms with E-state index in [4.69, 9.17) is 5.11 Å². The Hall–Kier alpha value is -2.50. The molecule has 0 saturated heterocycles. The molecule has 2 rings (SSSR count). The zero-order valence-corrected chi connectivity index (χ0v) is 8.78. The quantitative estimate of drug-likeness (QED) is 0.825. The molecule has 0 saturated carbocycles. The molecule has 0 aliphatic rings. The fraction of sp³-hybridized carbons (Fsp3) is 0.0909. The molecular formula is C11H9N3O3. The van der Waals surface area contributed by atoms with E-state index >= 15 is 0 Å². The van der Waals surface area contributed by atoms with Gasteiger partial charge in [-0.3, -0.25) is 14.3 Å². The Morgan fingerprint density at radius 2 is 2.18 bits per heavy atom. The first-order valence-corrected chi connectivity index (χ1v) is 4.85. The second-order valence-electron chi connectivity index (χ2n) is 3.39. The van der Waals surface area contributed by atoms with Crippen molar-refractivity contribution in [1.29, 1.82) is 0 Å². The second-order valence-corrected chi connectivity index (χ2v) is 3.39. The summed E-state index contributed by atoms with van der Waals surface area (Å²) in [5, 5.41) is 8.70. The predicted molar refractivity (Wildman–Crippen MR) is 58.8 cm³/mol. The van der Waals surface area contributed by atoms with Crippen LogP contribution in [0.25, 0.3) is 0 Å². The molecule has 0 aliphatic carbocycles.